The van der Waals surface area contributed by atoms with Crippen molar-refractivity contribution in [2.75, 3.05) is 0 Å². The number of aromatic nitrogens is 1. The number of hydrogen-bond donors (Lipinski definition) is 1. The summed E-state index contributed by atoms with van der Waals surface area (Å²) in [5.41, 5.74) is -0.0510. The Labute approximate surface area is 140 Å². The van der Waals surface area contributed by atoms with E-state index < -0.39 is 6.04 Å². The second-order valence-electron chi connectivity index (χ2n) is 6.61. The minimum absolute atomic E-state index is 0.0132. The average molecular weight is 332 g/mol. The van der Waals surface area contributed by atoms with Crippen LogP contribution in [0.1, 0.15) is 52.0 Å². The first-order chi connectivity index (χ1) is 11.1. The highest BCUT2D eigenvalue weighted by Gasteiger charge is 2.26. The molecule has 1 saturated carbocycles. The van der Waals surface area contributed by atoms with Crippen LogP contribution in [0.3, 0.4) is 0 Å². The van der Waals surface area contributed by atoms with Crippen LogP contribution in [-0.2, 0) is 4.79 Å². The van der Waals surface area contributed by atoms with Crippen molar-refractivity contribution in [3.05, 3.63) is 34.6 Å². The number of carbonyl (C=O) groups is 1. The lowest BCUT2D eigenvalue weighted by molar-refractivity contribution is -0.125. The van der Waals surface area contributed by atoms with Crippen LogP contribution in [0, 0.1) is 5.92 Å². The molecule has 0 aliphatic heterocycles. The molecule has 1 N–H and O–H groups in total. The quantitative estimate of drug-likeness (QED) is 0.928. The van der Waals surface area contributed by atoms with Crippen molar-refractivity contribution in [3.8, 4) is 0 Å². The second-order valence-corrected chi connectivity index (χ2v) is 7.62. The molecule has 2 aromatic rings. The lowest BCUT2D eigenvalue weighted by atomic mass is 9.87. The van der Waals surface area contributed by atoms with E-state index in [4.69, 9.17) is 0 Å². The topological polar surface area (TPSA) is 51.1 Å². The fraction of sp³-hybridized carbons (Fsp3) is 0.556. The Bertz CT molecular complexity index is 741. The summed E-state index contributed by atoms with van der Waals surface area (Å²) in [6.07, 6.45) is 5.06. The summed E-state index contributed by atoms with van der Waals surface area (Å²) >= 11 is 1.39. The zero-order valence-electron chi connectivity index (χ0n) is 13.7. The lowest BCUT2D eigenvalue weighted by Crippen LogP contribution is -2.42. The number of nitrogens with zero attached hydrogens (tertiary/aromatic N) is 1. The van der Waals surface area contributed by atoms with E-state index in [0.717, 1.165) is 23.5 Å². The normalized spacial score (nSPS) is 22.9. The predicted molar refractivity (Wildman–Crippen MR) is 95.0 cm³/mol. The van der Waals surface area contributed by atoms with Crippen molar-refractivity contribution in [2.45, 2.75) is 58.0 Å². The van der Waals surface area contributed by atoms with Crippen molar-refractivity contribution >= 4 is 27.5 Å². The minimum atomic E-state index is -0.403. The molecule has 0 saturated heterocycles. The number of rotatable bonds is 4. The molecule has 1 aromatic heterocycles. The first-order valence-corrected chi connectivity index (χ1v) is 9.28. The fourth-order valence-electron chi connectivity index (χ4n) is 3.35. The van der Waals surface area contributed by atoms with Crippen molar-refractivity contribution in [2.24, 2.45) is 5.92 Å². The van der Waals surface area contributed by atoms with E-state index in [1.54, 1.807) is 3.96 Å². The van der Waals surface area contributed by atoms with Crippen molar-refractivity contribution in [1.29, 1.82) is 0 Å². The molecule has 23 heavy (non-hydrogen) atoms. The van der Waals surface area contributed by atoms with Gasteiger partial charge in [0.05, 0.1) is 10.1 Å². The third-order valence-corrected chi connectivity index (χ3v) is 6.02. The molecule has 1 amide bonds. The maximum atomic E-state index is 12.7. The smallest absolute Gasteiger partial charge is 0.269 e. The van der Waals surface area contributed by atoms with Gasteiger partial charge < -0.3 is 5.32 Å². The van der Waals surface area contributed by atoms with Crippen LogP contribution in [0.2, 0.25) is 0 Å². The van der Waals surface area contributed by atoms with Gasteiger partial charge in [0, 0.05) is 6.04 Å². The Morgan fingerprint density at radius 1 is 1.30 bits per heavy atom. The molecular weight excluding hydrogens is 308 g/mol. The highest BCUT2D eigenvalue weighted by atomic mass is 32.1. The molecule has 0 unspecified atom stereocenters. The highest BCUT2D eigenvalue weighted by Crippen LogP contribution is 2.25. The molecule has 1 heterocycles. The SMILES string of the molecule is CC[C@H](C(=O)NC1CCC(C)CC1)n1sc2ccccc2c1=O. The van der Waals surface area contributed by atoms with Gasteiger partial charge in [0.25, 0.3) is 5.56 Å². The van der Waals surface area contributed by atoms with Gasteiger partial charge in [-0.05, 0) is 50.2 Å². The summed E-state index contributed by atoms with van der Waals surface area (Å²) in [5, 5.41) is 3.87. The van der Waals surface area contributed by atoms with Gasteiger partial charge in [0.1, 0.15) is 6.04 Å². The van der Waals surface area contributed by atoms with Gasteiger partial charge in [-0.1, -0.05) is 37.5 Å². The highest BCUT2D eigenvalue weighted by molar-refractivity contribution is 7.14. The van der Waals surface area contributed by atoms with Gasteiger partial charge in [-0.2, -0.15) is 0 Å². The van der Waals surface area contributed by atoms with Crippen LogP contribution in [0.15, 0.2) is 29.1 Å². The summed E-state index contributed by atoms with van der Waals surface area (Å²) < 4.78 is 2.58. The Kier molecular flexibility index (Phi) is 4.85. The zero-order valence-corrected chi connectivity index (χ0v) is 14.6. The molecule has 124 valence electrons. The minimum Gasteiger partial charge on any atom is -0.352 e. The van der Waals surface area contributed by atoms with Crippen LogP contribution >= 0.6 is 11.5 Å². The molecule has 0 spiro atoms. The van der Waals surface area contributed by atoms with E-state index in [2.05, 4.69) is 12.2 Å². The molecule has 1 aliphatic rings. The maximum absolute atomic E-state index is 12.7. The molecule has 1 aliphatic carbocycles. The molecule has 1 aromatic carbocycles. The monoisotopic (exact) mass is 332 g/mol. The van der Waals surface area contributed by atoms with Gasteiger partial charge in [-0.25, -0.2) is 0 Å². The summed E-state index contributed by atoms with van der Waals surface area (Å²) in [5.74, 6) is 0.746. The first-order valence-electron chi connectivity index (χ1n) is 8.51. The Morgan fingerprint density at radius 3 is 2.65 bits per heavy atom. The van der Waals surface area contributed by atoms with E-state index in [1.165, 1.54) is 24.4 Å². The van der Waals surface area contributed by atoms with Crippen molar-refractivity contribution in [1.82, 2.24) is 9.27 Å². The van der Waals surface area contributed by atoms with E-state index in [1.807, 2.05) is 31.2 Å². The van der Waals surface area contributed by atoms with Crippen LogP contribution in [0.5, 0.6) is 0 Å². The average Bonchev–Trinajstić information content (AvgIpc) is 2.88. The second kappa shape index (κ2) is 6.87. The largest absolute Gasteiger partial charge is 0.352 e. The summed E-state index contributed by atoms with van der Waals surface area (Å²) in [6, 6.07) is 7.41. The molecule has 0 bridgehead atoms. The molecule has 5 heteroatoms. The van der Waals surface area contributed by atoms with Crippen LogP contribution in [0.25, 0.3) is 10.1 Å². The first kappa shape index (κ1) is 16.2. The summed E-state index contributed by atoms with van der Waals surface area (Å²) in [7, 11) is 0. The zero-order chi connectivity index (χ0) is 16.4. The van der Waals surface area contributed by atoms with Gasteiger partial charge >= 0.3 is 0 Å². The Morgan fingerprint density at radius 2 is 2.00 bits per heavy atom. The van der Waals surface area contributed by atoms with E-state index in [-0.39, 0.29) is 17.5 Å². The molecule has 0 radical (unpaired) electrons. The van der Waals surface area contributed by atoms with Gasteiger partial charge in [-0.3, -0.25) is 13.5 Å². The number of benzene rings is 1. The van der Waals surface area contributed by atoms with E-state index in [0.29, 0.717) is 11.8 Å². The molecule has 3 rings (SSSR count). The fourth-order valence-corrected chi connectivity index (χ4v) is 4.51. The Hall–Kier alpha value is -1.62. The lowest BCUT2D eigenvalue weighted by Gasteiger charge is -2.28. The number of nitrogens with one attached hydrogen (secondary N) is 1. The van der Waals surface area contributed by atoms with Crippen LogP contribution in [0.4, 0.5) is 0 Å². The van der Waals surface area contributed by atoms with Gasteiger partial charge in [0.15, 0.2) is 0 Å². The number of hydrogen-bond acceptors (Lipinski definition) is 3. The Balaban J connectivity index is 1.79. The number of fused-ring (bicyclic) bond motifs is 1. The van der Waals surface area contributed by atoms with Crippen LogP contribution < -0.4 is 10.9 Å². The van der Waals surface area contributed by atoms with Crippen LogP contribution in [-0.4, -0.2) is 15.9 Å². The summed E-state index contributed by atoms with van der Waals surface area (Å²) in [6.45, 7) is 4.23. The molecule has 1 fully saturated rings. The van der Waals surface area contributed by atoms with Gasteiger partial charge in [0.2, 0.25) is 5.91 Å². The number of carbonyl (C=O) groups excluding carboxylic acids is 1. The predicted octanol–water partition coefficient (Wildman–Crippen LogP) is 3.71. The maximum Gasteiger partial charge on any atom is 0.269 e. The summed E-state index contributed by atoms with van der Waals surface area (Å²) in [4.78, 5) is 25.3. The van der Waals surface area contributed by atoms with E-state index >= 15 is 0 Å². The van der Waals surface area contributed by atoms with Crippen molar-refractivity contribution < 1.29 is 4.79 Å². The van der Waals surface area contributed by atoms with E-state index in [9.17, 15) is 9.59 Å². The third-order valence-electron chi connectivity index (χ3n) is 4.85. The third kappa shape index (κ3) is 3.34. The number of amides is 1. The molecule has 4 nitrogen and oxygen atoms in total. The van der Waals surface area contributed by atoms with Crippen molar-refractivity contribution in [3.63, 3.8) is 0 Å². The molecule has 1 atom stereocenters. The molecular formula is C18H24N2O2S. The van der Waals surface area contributed by atoms with Gasteiger partial charge in [-0.15, -0.1) is 0 Å². The standard InChI is InChI=1S/C18H24N2O2S/c1-3-15(17(21)19-13-10-8-12(2)9-11-13)20-18(22)14-6-4-5-7-16(14)23-20/h4-7,12-13,15H,3,8-11H2,1-2H3,(H,19,21)/t12?,13?,15-/m1/s1.